The molecule has 0 radical (unpaired) electrons. The van der Waals surface area contributed by atoms with Crippen molar-refractivity contribution in [2.45, 2.75) is 56.1 Å². The molecular weight excluding hydrogens is 355 g/mol. The Balaban J connectivity index is 1.70. The van der Waals surface area contributed by atoms with Crippen LogP contribution in [0.4, 0.5) is 4.39 Å². The predicted octanol–water partition coefficient (Wildman–Crippen LogP) is 3.59. The van der Waals surface area contributed by atoms with E-state index in [1.165, 1.54) is 31.4 Å². The minimum atomic E-state index is -3.70. The van der Waals surface area contributed by atoms with Gasteiger partial charge in [0.05, 0.1) is 10.8 Å². The van der Waals surface area contributed by atoms with Crippen LogP contribution in [-0.4, -0.2) is 24.1 Å². The van der Waals surface area contributed by atoms with Gasteiger partial charge in [-0.3, -0.25) is 4.79 Å². The van der Waals surface area contributed by atoms with Crippen molar-refractivity contribution < 1.29 is 17.6 Å². The third-order valence-corrected chi connectivity index (χ3v) is 7.42. The molecule has 1 heterocycles. The highest BCUT2D eigenvalue weighted by atomic mass is 32.2. The zero-order valence-corrected chi connectivity index (χ0v) is 15.6. The molecule has 2 fully saturated rings. The fourth-order valence-corrected chi connectivity index (χ4v) is 5.28. The summed E-state index contributed by atoms with van der Waals surface area (Å²) >= 11 is 0. The van der Waals surface area contributed by atoms with Crippen molar-refractivity contribution >= 4 is 26.8 Å². The van der Waals surface area contributed by atoms with Gasteiger partial charge in [-0.05, 0) is 49.3 Å². The summed E-state index contributed by atoms with van der Waals surface area (Å²) in [4.78, 5) is 12.3. The molecule has 4 rings (SSSR count). The first-order valence-electron chi connectivity index (χ1n) is 9.21. The molecule has 0 bridgehead atoms. The molecule has 0 aliphatic heterocycles. The number of nitrogens with one attached hydrogen (secondary N) is 1. The van der Waals surface area contributed by atoms with Crippen molar-refractivity contribution in [1.82, 2.24) is 9.29 Å². The van der Waals surface area contributed by atoms with Crippen LogP contribution in [0.25, 0.3) is 10.9 Å². The minimum absolute atomic E-state index is 0.224. The van der Waals surface area contributed by atoms with Crippen molar-refractivity contribution in [1.29, 1.82) is 0 Å². The summed E-state index contributed by atoms with van der Waals surface area (Å²) in [5, 5.41) is 0.296. The molecule has 0 saturated heterocycles. The second-order valence-electron chi connectivity index (χ2n) is 7.56. The van der Waals surface area contributed by atoms with Crippen LogP contribution in [0.2, 0.25) is 0 Å². The van der Waals surface area contributed by atoms with E-state index in [2.05, 4.69) is 0 Å². The number of carbonyl (C=O) groups is 1. The van der Waals surface area contributed by atoms with Crippen LogP contribution >= 0.6 is 0 Å². The van der Waals surface area contributed by atoms with Crippen LogP contribution in [0.5, 0.6) is 0 Å². The maximum Gasteiger partial charge on any atom is 0.267 e. The van der Waals surface area contributed by atoms with Crippen LogP contribution in [0.15, 0.2) is 18.3 Å². The molecule has 2 saturated carbocycles. The molecule has 140 valence electrons. The predicted molar refractivity (Wildman–Crippen MR) is 98.1 cm³/mol. The third kappa shape index (κ3) is 3.13. The van der Waals surface area contributed by atoms with Gasteiger partial charge in [0.25, 0.3) is 5.91 Å². The molecule has 2 aromatic rings. The van der Waals surface area contributed by atoms with E-state index in [4.69, 9.17) is 0 Å². The second-order valence-corrected chi connectivity index (χ2v) is 9.52. The average molecular weight is 378 g/mol. The maximum absolute atomic E-state index is 14.7. The van der Waals surface area contributed by atoms with Gasteiger partial charge in [-0.25, -0.2) is 17.5 Å². The molecule has 2 aliphatic carbocycles. The number of nitrogens with zero attached hydrogens (tertiary/aromatic N) is 1. The van der Waals surface area contributed by atoms with Crippen LogP contribution in [0, 0.1) is 5.82 Å². The molecule has 1 aromatic carbocycles. The van der Waals surface area contributed by atoms with Crippen molar-refractivity contribution in [3.05, 3.63) is 35.3 Å². The number of hydrogen-bond donors (Lipinski definition) is 1. The van der Waals surface area contributed by atoms with E-state index in [0.29, 0.717) is 18.8 Å². The Kier molecular flexibility index (Phi) is 4.29. The van der Waals surface area contributed by atoms with E-state index >= 15 is 0 Å². The Hall–Kier alpha value is -1.89. The molecule has 1 N–H and O–H groups in total. The zero-order valence-electron chi connectivity index (χ0n) is 14.8. The number of rotatable bonds is 4. The van der Waals surface area contributed by atoms with Crippen molar-refractivity contribution in [3.8, 4) is 0 Å². The number of benzene rings is 1. The summed E-state index contributed by atoms with van der Waals surface area (Å²) in [6, 6.07) is 2.85. The smallest absolute Gasteiger partial charge is 0.267 e. The first-order valence-corrected chi connectivity index (χ1v) is 10.8. The number of hydrogen-bond acceptors (Lipinski definition) is 3. The zero-order chi connectivity index (χ0) is 18.5. The Morgan fingerprint density at radius 2 is 1.85 bits per heavy atom. The summed E-state index contributed by atoms with van der Waals surface area (Å²) in [6.07, 6.45) is 8.93. The van der Waals surface area contributed by atoms with Crippen LogP contribution in [-0.2, 0) is 17.1 Å². The Morgan fingerprint density at radius 1 is 1.15 bits per heavy atom. The van der Waals surface area contributed by atoms with Crippen molar-refractivity contribution in [2.75, 3.05) is 0 Å². The maximum atomic E-state index is 14.7. The lowest BCUT2D eigenvalue weighted by Gasteiger charge is -2.21. The van der Waals surface area contributed by atoms with E-state index in [0.717, 1.165) is 29.3 Å². The largest absolute Gasteiger partial charge is 0.350 e. The van der Waals surface area contributed by atoms with E-state index in [1.54, 1.807) is 0 Å². The minimum Gasteiger partial charge on any atom is -0.350 e. The molecule has 5 nitrogen and oxygen atoms in total. The van der Waals surface area contributed by atoms with Crippen LogP contribution in [0.3, 0.4) is 0 Å². The van der Waals surface area contributed by atoms with Gasteiger partial charge in [0, 0.05) is 24.1 Å². The molecule has 0 unspecified atom stereocenters. The molecule has 2 aliphatic rings. The van der Waals surface area contributed by atoms with E-state index in [1.807, 2.05) is 22.5 Å². The van der Waals surface area contributed by atoms with Gasteiger partial charge in [-0.1, -0.05) is 19.3 Å². The molecule has 26 heavy (non-hydrogen) atoms. The average Bonchev–Trinajstić information content (AvgIpc) is 3.41. The molecule has 1 aromatic heterocycles. The van der Waals surface area contributed by atoms with Crippen molar-refractivity contribution in [2.24, 2.45) is 7.05 Å². The highest BCUT2D eigenvalue weighted by molar-refractivity contribution is 7.91. The van der Waals surface area contributed by atoms with Gasteiger partial charge in [-0.15, -0.1) is 0 Å². The first-order chi connectivity index (χ1) is 12.4. The normalized spacial score (nSPS) is 19.0. The second kappa shape index (κ2) is 6.37. The van der Waals surface area contributed by atoms with Crippen LogP contribution in [0.1, 0.15) is 66.8 Å². The van der Waals surface area contributed by atoms with Crippen LogP contribution < -0.4 is 4.72 Å². The number of sulfonamides is 1. The van der Waals surface area contributed by atoms with Gasteiger partial charge >= 0.3 is 0 Å². The van der Waals surface area contributed by atoms with Gasteiger partial charge < -0.3 is 4.57 Å². The summed E-state index contributed by atoms with van der Waals surface area (Å²) < 4.78 is 42.5. The SMILES string of the molecule is Cn1cc(C2CCCCC2)c2cc(F)c(C(=O)NS(=O)(=O)C3CC3)cc21. The van der Waals surface area contributed by atoms with E-state index < -0.39 is 27.0 Å². The number of carbonyl (C=O) groups excluding carboxylic acids is 1. The molecular formula is C19H23FN2O3S. The monoisotopic (exact) mass is 378 g/mol. The quantitative estimate of drug-likeness (QED) is 0.884. The summed E-state index contributed by atoms with van der Waals surface area (Å²) in [5.74, 6) is -1.15. The topological polar surface area (TPSA) is 68.2 Å². The lowest BCUT2D eigenvalue weighted by atomic mass is 9.84. The van der Waals surface area contributed by atoms with Gasteiger partial charge in [0.2, 0.25) is 10.0 Å². The lowest BCUT2D eigenvalue weighted by molar-refractivity contribution is 0.0977. The summed E-state index contributed by atoms with van der Waals surface area (Å²) in [7, 11) is -1.83. The van der Waals surface area contributed by atoms with Gasteiger partial charge in [0.1, 0.15) is 5.82 Å². The number of fused-ring (bicyclic) bond motifs is 1. The van der Waals surface area contributed by atoms with E-state index in [9.17, 15) is 17.6 Å². The third-order valence-electron chi connectivity index (χ3n) is 5.60. The fourth-order valence-electron chi connectivity index (χ4n) is 3.99. The van der Waals surface area contributed by atoms with E-state index in [-0.39, 0.29) is 5.56 Å². The number of halogens is 1. The Morgan fingerprint density at radius 3 is 2.50 bits per heavy atom. The molecule has 0 spiro atoms. The molecule has 7 heteroatoms. The standard InChI is InChI=1S/C19H23FN2O3S/c1-22-11-16(12-5-3-2-4-6-12)14-9-17(20)15(10-18(14)22)19(23)21-26(24,25)13-7-8-13/h9-13H,2-8H2,1H3,(H,21,23). The number of aryl methyl sites for hydroxylation is 1. The number of amides is 1. The number of aromatic nitrogens is 1. The highest BCUT2D eigenvalue weighted by Crippen LogP contribution is 2.38. The molecule has 1 amide bonds. The Bertz CT molecular complexity index is 970. The lowest BCUT2D eigenvalue weighted by Crippen LogP contribution is -2.33. The first kappa shape index (κ1) is 17.5. The fraction of sp³-hybridized carbons (Fsp3) is 0.526. The van der Waals surface area contributed by atoms with Gasteiger partial charge in [0.15, 0.2) is 0 Å². The summed E-state index contributed by atoms with van der Waals surface area (Å²) in [5.41, 5.74) is 1.65. The Labute approximate surface area is 152 Å². The highest BCUT2D eigenvalue weighted by Gasteiger charge is 2.37. The van der Waals surface area contributed by atoms with Gasteiger partial charge in [-0.2, -0.15) is 0 Å². The molecule has 0 atom stereocenters. The van der Waals surface area contributed by atoms with Crippen molar-refractivity contribution in [3.63, 3.8) is 0 Å². The summed E-state index contributed by atoms with van der Waals surface area (Å²) in [6.45, 7) is 0.